The van der Waals surface area contributed by atoms with Gasteiger partial charge in [-0.15, -0.1) is 0 Å². The lowest BCUT2D eigenvalue weighted by molar-refractivity contribution is -0.138. The third-order valence-electron chi connectivity index (χ3n) is 3.12. The second-order valence-electron chi connectivity index (χ2n) is 5.19. The smallest absolute Gasteiger partial charge is 0.317 e. The Labute approximate surface area is 116 Å². The van der Waals surface area contributed by atoms with E-state index in [-0.39, 0.29) is 18.9 Å². The zero-order chi connectivity index (χ0) is 14.5. The summed E-state index contributed by atoms with van der Waals surface area (Å²) in [7, 11) is 0. The predicted molar refractivity (Wildman–Crippen MR) is 71.3 cm³/mol. The molecule has 7 heteroatoms. The highest BCUT2D eigenvalue weighted by Crippen LogP contribution is 2.29. The van der Waals surface area contributed by atoms with Gasteiger partial charge in [0.05, 0.1) is 6.54 Å². The molecule has 1 fully saturated rings. The van der Waals surface area contributed by atoms with Gasteiger partial charge in [-0.1, -0.05) is 5.16 Å². The summed E-state index contributed by atoms with van der Waals surface area (Å²) in [6, 6.07) is 1.64. The summed E-state index contributed by atoms with van der Waals surface area (Å²) in [5, 5.41) is 15.2. The van der Waals surface area contributed by atoms with E-state index in [1.54, 1.807) is 13.0 Å². The number of carbonyl (C=O) groups excluding carboxylic acids is 1. The van der Waals surface area contributed by atoms with Crippen molar-refractivity contribution >= 4 is 17.7 Å². The number of rotatable bonds is 8. The lowest BCUT2D eigenvalue weighted by atomic mass is 10.3. The lowest BCUT2D eigenvalue weighted by Crippen LogP contribution is -2.34. The van der Waals surface area contributed by atoms with Crippen molar-refractivity contribution in [2.75, 3.05) is 25.0 Å². The maximum Gasteiger partial charge on any atom is 0.317 e. The Balaban J connectivity index is 1.75. The number of anilines is 1. The molecule has 1 heterocycles. The van der Waals surface area contributed by atoms with Gasteiger partial charge in [0.15, 0.2) is 5.82 Å². The zero-order valence-electron chi connectivity index (χ0n) is 11.5. The molecule has 0 atom stereocenters. The standard InChI is InChI=1S/C13H19N3O4/c1-9-6-11(15-20-9)14-12(17)4-5-16(8-13(18)19)7-10-2-3-10/h6,10H,2-5,7-8H2,1H3,(H,18,19)(H,14,15,17). The van der Waals surface area contributed by atoms with Crippen LogP contribution in [0.4, 0.5) is 5.82 Å². The molecule has 7 nitrogen and oxygen atoms in total. The van der Waals surface area contributed by atoms with E-state index in [2.05, 4.69) is 10.5 Å². The van der Waals surface area contributed by atoms with Crippen LogP contribution in [0, 0.1) is 12.8 Å². The molecule has 0 spiro atoms. The van der Waals surface area contributed by atoms with E-state index in [0.29, 0.717) is 24.0 Å². The maximum absolute atomic E-state index is 11.7. The molecule has 1 aliphatic carbocycles. The van der Waals surface area contributed by atoms with Crippen molar-refractivity contribution < 1.29 is 19.2 Å². The molecule has 0 bridgehead atoms. The van der Waals surface area contributed by atoms with E-state index in [9.17, 15) is 9.59 Å². The van der Waals surface area contributed by atoms with Gasteiger partial charge in [0.1, 0.15) is 5.76 Å². The zero-order valence-corrected chi connectivity index (χ0v) is 11.5. The van der Waals surface area contributed by atoms with Crippen LogP contribution in [-0.2, 0) is 9.59 Å². The Kier molecular flexibility index (Phi) is 4.73. The average Bonchev–Trinajstić information content (AvgIpc) is 3.08. The molecule has 0 aromatic carbocycles. The summed E-state index contributed by atoms with van der Waals surface area (Å²) in [6.45, 7) is 2.91. The highest BCUT2D eigenvalue weighted by molar-refractivity contribution is 5.89. The van der Waals surface area contributed by atoms with Gasteiger partial charge in [0.25, 0.3) is 0 Å². The number of aliphatic carboxylic acids is 1. The molecule has 1 amide bonds. The third-order valence-corrected chi connectivity index (χ3v) is 3.12. The number of amides is 1. The summed E-state index contributed by atoms with van der Waals surface area (Å²) in [6.07, 6.45) is 2.55. The van der Waals surface area contributed by atoms with E-state index in [1.807, 2.05) is 4.90 Å². The Bertz CT molecular complexity index is 482. The van der Waals surface area contributed by atoms with E-state index in [1.165, 1.54) is 0 Å². The van der Waals surface area contributed by atoms with Crippen LogP contribution in [-0.4, -0.2) is 46.7 Å². The number of carbonyl (C=O) groups is 2. The summed E-state index contributed by atoms with van der Waals surface area (Å²) < 4.78 is 4.85. The second-order valence-corrected chi connectivity index (χ2v) is 5.19. The van der Waals surface area contributed by atoms with Crippen LogP contribution in [0.25, 0.3) is 0 Å². The number of hydrogen-bond acceptors (Lipinski definition) is 5. The number of nitrogens with zero attached hydrogens (tertiary/aromatic N) is 2. The molecule has 0 saturated heterocycles. The highest BCUT2D eigenvalue weighted by atomic mass is 16.5. The quantitative estimate of drug-likeness (QED) is 0.741. The molecule has 0 radical (unpaired) electrons. The normalized spacial score (nSPS) is 14.5. The van der Waals surface area contributed by atoms with Crippen molar-refractivity contribution in [2.45, 2.75) is 26.2 Å². The van der Waals surface area contributed by atoms with Gasteiger partial charge in [0.2, 0.25) is 5.91 Å². The van der Waals surface area contributed by atoms with Gasteiger partial charge in [-0.3, -0.25) is 14.5 Å². The van der Waals surface area contributed by atoms with Gasteiger partial charge in [-0.2, -0.15) is 0 Å². The third kappa shape index (κ3) is 5.00. The largest absolute Gasteiger partial charge is 0.480 e. The number of aryl methyl sites for hydroxylation is 1. The minimum atomic E-state index is -0.863. The van der Waals surface area contributed by atoms with Crippen molar-refractivity contribution in [3.05, 3.63) is 11.8 Å². The fourth-order valence-corrected chi connectivity index (χ4v) is 1.98. The van der Waals surface area contributed by atoms with E-state index in [4.69, 9.17) is 9.63 Å². The number of nitrogens with one attached hydrogen (secondary N) is 1. The van der Waals surface area contributed by atoms with E-state index >= 15 is 0 Å². The number of carboxylic acid groups (broad SMARTS) is 1. The summed E-state index contributed by atoms with van der Waals surface area (Å²) >= 11 is 0. The van der Waals surface area contributed by atoms with Crippen LogP contribution < -0.4 is 5.32 Å². The van der Waals surface area contributed by atoms with Gasteiger partial charge in [-0.25, -0.2) is 0 Å². The van der Waals surface area contributed by atoms with Crippen LogP contribution in [0.2, 0.25) is 0 Å². The molecule has 2 rings (SSSR count). The second kappa shape index (κ2) is 6.51. The minimum absolute atomic E-state index is 0.0210. The Morgan fingerprint density at radius 2 is 2.30 bits per heavy atom. The van der Waals surface area contributed by atoms with Gasteiger partial charge >= 0.3 is 5.97 Å². The van der Waals surface area contributed by atoms with Crippen LogP contribution in [0.15, 0.2) is 10.6 Å². The van der Waals surface area contributed by atoms with Gasteiger partial charge in [-0.05, 0) is 25.7 Å². The van der Waals surface area contributed by atoms with Crippen LogP contribution >= 0.6 is 0 Å². The molecule has 0 aliphatic heterocycles. The molecule has 2 N–H and O–H groups in total. The first-order valence-corrected chi connectivity index (χ1v) is 6.70. The van der Waals surface area contributed by atoms with Crippen molar-refractivity contribution in [2.24, 2.45) is 5.92 Å². The first kappa shape index (κ1) is 14.5. The summed E-state index contributed by atoms with van der Waals surface area (Å²) in [5.74, 6) is 0.555. The Morgan fingerprint density at radius 1 is 1.55 bits per heavy atom. The van der Waals surface area contributed by atoms with Crippen molar-refractivity contribution in [1.29, 1.82) is 0 Å². The fourth-order valence-electron chi connectivity index (χ4n) is 1.98. The summed E-state index contributed by atoms with van der Waals surface area (Å²) in [5.41, 5.74) is 0. The first-order chi connectivity index (χ1) is 9.52. The molecule has 1 aromatic heterocycles. The molecule has 1 saturated carbocycles. The molecule has 20 heavy (non-hydrogen) atoms. The lowest BCUT2D eigenvalue weighted by Gasteiger charge is -2.19. The van der Waals surface area contributed by atoms with Crippen LogP contribution in [0.5, 0.6) is 0 Å². The van der Waals surface area contributed by atoms with Crippen molar-refractivity contribution in [3.8, 4) is 0 Å². The Morgan fingerprint density at radius 3 is 2.85 bits per heavy atom. The van der Waals surface area contributed by atoms with Crippen molar-refractivity contribution in [3.63, 3.8) is 0 Å². The molecule has 0 unspecified atom stereocenters. The van der Waals surface area contributed by atoms with Crippen molar-refractivity contribution in [1.82, 2.24) is 10.1 Å². The average molecular weight is 281 g/mol. The number of hydrogen-bond donors (Lipinski definition) is 2. The van der Waals surface area contributed by atoms with Crippen LogP contribution in [0.3, 0.4) is 0 Å². The number of carboxylic acids is 1. The van der Waals surface area contributed by atoms with Gasteiger partial charge < -0.3 is 14.9 Å². The minimum Gasteiger partial charge on any atom is -0.480 e. The first-order valence-electron chi connectivity index (χ1n) is 6.70. The molecular weight excluding hydrogens is 262 g/mol. The maximum atomic E-state index is 11.7. The molecule has 1 aromatic rings. The molecular formula is C13H19N3O4. The monoisotopic (exact) mass is 281 g/mol. The molecule has 1 aliphatic rings. The molecule has 110 valence electrons. The Hall–Kier alpha value is -1.89. The highest BCUT2D eigenvalue weighted by Gasteiger charge is 2.25. The topological polar surface area (TPSA) is 95.7 Å². The summed E-state index contributed by atoms with van der Waals surface area (Å²) in [4.78, 5) is 24.3. The number of aromatic nitrogens is 1. The van der Waals surface area contributed by atoms with Crippen LogP contribution in [0.1, 0.15) is 25.0 Å². The van der Waals surface area contributed by atoms with E-state index in [0.717, 1.165) is 19.4 Å². The fraction of sp³-hybridized carbons (Fsp3) is 0.615. The predicted octanol–water partition coefficient (Wildman–Crippen LogP) is 1.11. The van der Waals surface area contributed by atoms with E-state index < -0.39 is 5.97 Å². The van der Waals surface area contributed by atoms with Gasteiger partial charge in [0, 0.05) is 25.6 Å². The SMILES string of the molecule is Cc1cc(NC(=O)CCN(CC(=O)O)CC2CC2)no1.